The summed E-state index contributed by atoms with van der Waals surface area (Å²) in [6.45, 7) is 6.55. The molecular formula is C25H37N5O2. The molecule has 1 aromatic heterocycles. The number of carbonyl (C=O) groups excluding carboxylic acids is 1. The van der Waals surface area contributed by atoms with Gasteiger partial charge in [-0.1, -0.05) is 12.1 Å². The van der Waals surface area contributed by atoms with Crippen LogP contribution < -0.4 is 10.1 Å². The number of carbonyl (C=O) groups is 1. The molecule has 3 rings (SSSR count). The van der Waals surface area contributed by atoms with Gasteiger partial charge in [0.15, 0.2) is 0 Å². The quantitative estimate of drug-likeness (QED) is 0.648. The van der Waals surface area contributed by atoms with Gasteiger partial charge in [-0.15, -0.1) is 0 Å². The molecule has 0 unspecified atom stereocenters. The molecular weight excluding hydrogens is 402 g/mol. The van der Waals surface area contributed by atoms with Crippen molar-refractivity contribution in [3.05, 3.63) is 53.9 Å². The van der Waals surface area contributed by atoms with Crippen LogP contribution in [0.25, 0.3) is 0 Å². The number of rotatable bonds is 9. The van der Waals surface area contributed by atoms with Crippen LogP contribution in [-0.2, 0) is 6.42 Å². The van der Waals surface area contributed by atoms with E-state index in [1.165, 1.54) is 0 Å². The molecule has 2 amide bonds. The average molecular weight is 440 g/mol. The van der Waals surface area contributed by atoms with Crippen molar-refractivity contribution in [3.63, 3.8) is 0 Å². The Bertz CT molecular complexity index is 851. The van der Waals surface area contributed by atoms with E-state index in [0.717, 1.165) is 62.4 Å². The Morgan fingerprint density at radius 2 is 1.97 bits per heavy atom. The van der Waals surface area contributed by atoms with Crippen LogP contribution in [-0.4, -0.2) is 85.7 Å². The molecule has 0 saturated carbocycles. The normalized spacial score (nSPS) is 15.0. The number of likely N-dealkylation sites (tertiary alicyclic amines) is 1. The Morgan fingerprint density at radius 1 is 1.19 bits per heavy atom. The molecule has 32 heavy (non-hydrogen) atoms. The van der Waals surface area contributed by atoms with E-state index in [2.05, 4.69) is 26.2 Å². The highest BCUT2D eigenvalue weighted by Gasteiger charge is 2.28. The fourth-order valence-electron chi connectivity index (χ4n) is 4.14. The lowest BCUT2D eigenvalue weighted by molar-refractivity contribution is 0.123. The van der Waals surface area contributed by atoms with Crippen molar-refractivity contribution in [2.24, 2.45) is 0 Å². The first-order valence-corrected chi connectivity index (χ1v) is 11.5. The Morgan fingerprint density at radius 3 is 2.62 bits per heavy atom. The summed E-state index contributed by atoms with van der Waals surface area (Å²) in [5.41, 5.74) is 2.94. The van der Waals surface area contributed by atoms with Crippen molar-refractivity contribution in [3.8, 4) is 5.75 Å². The van der Waals surface area contributed by atoms with Crippen LogP contribution in [0.1, 0.15) is 24.1 Å². The number of nitrogens with zero attached hydrogens (tertiary/aromatic N) is 4. The summed E-state index contributed by atoms with van der Waals surface area (Å²) >= 11 is 0. The van der Waals surface area contributed by atoms with Gasteiger partial charge in [-0.3, -0.25) is 4.98 Å². The zero-order valence-corrected chi connectivity index (χ0v) is 19.9. The van der Waals surface area contributed by atoms with Gasteiger partial charge in [0.25, 0.3) is 0 Å². The van der Waals surface area contributed by atoms with Crippen LogP contribution in [0.2, 0.25) is 0 Å². The third-order valence-electron chi connectivity index (χ3n) is 6.05. The van der Waals surface area contributed by atoms with E-state index in [1.807, 2.05) is 62.4 Å². The predicted molar refractivity (Wildman–Crippen MR) is 129 cm³/mol. The topological polar surface area (TPSA) is 60.9 Å². The maximum absolute atomic E-state index is 13.3. The molecule has 0 bridgehead atoms. The van der Waals surface area contributed by atoms with Crippen molar-refractivity contribution >= 4 is 11.7 Å². The summed E-state index contributed by atoms with van der Waals surface area (Å²) in [5, 5.41) is 3.10. The Balaban J connectivity index is 1.60. The van der Waals surface area contributed by atoms with Gasteiger partial charge in [-0.25, -0.2) is 4.79 Å². The van der Waals surface area contributed by atoms with Crippen LogP contribution in [0.3, 0.4) is 0 Å². The second-order valence-electron chi connectivity index (χ2n) is 8.77. The Hall–Kier alpha value is -2.64. The Kier molecular flexibility index (Phi) is 8.88. The summed E-state index contributed by atoms with van der Waals surface area (Å²) in [5.74, 6) is 0.681. The highest BCUT2D eigenvalue weighted by Crippen LogP contribution is 2.26. The second-order valence-corrected chi connectivity index (χ2v) is 8.77. The third-order valence-corrected chi connectivity index (χ3v) is 6.05. The summed E-state index contributed by atoms with van der Waals surface area (Å²) in [7, 11) is 5.71. The number of methoxy groups -OCH3 is 1. The largest absolute Gasteiger partial charge is 0.495 e. The molecule has 7 heteroatoms. The molecule has 1 fully saturated rings. The standard InChI is InChI=1S/C25H37N5O2/c1-20-8-9-24(32-4)23(19-20)27-25(31)30(18-17-28(2)3)22-11-15-29(16-12-22)14-10-21-7-5-6-13-26-21/h5-9,13,19,22H,10-12,14-18H2,1-4H3,(H,27,31). The number of urea groups is 1. The zero-order valence-electron chi connectivity index (χ0n) is 19.9. The van der Waals surface area contributed by atoms with E-state index in [4.69, 9.17) is 4.74 Å². The monoisotopic (exact) mass is 439 g/mol. The van der Waals surface area contributed by atoms with E-state index in [0.29, 0.717) is 12.3 Å². The maximum Gasteiger partial charge on any atom is 0.322 e. The smallest absolute Gasteiger partial charge is 0.322 e. The van der Waals surface area contributed by atoms with E-state index >= 15 is 0 Å². The van der Waals surface area contributed by atoms with Gasteiger partial charge in [-0.05, 0) is 63.7 Å². The van der Waals surface area contributed by atoms with Crippen molar-refractivity contribution in [1.29, 1.82) is 0 Å². The molecule has 1 aliphatic heterocycles. The molecule has 0 aliphatic carbocycles. The summed E-state index contributed by atoms with van der Waals surface area (Å²) in [6, 6.07) is 12.1. The molecule has 1 aromatic carbocycles. The number of pyridine rings is 1. The zero-order chi connectivity index (χ0) is 22.9. The molecule has 174 valence electrons. The number of amides is 2. The molecule has 0 radical (unpaired) electrons. The van der Waals surface area contributed by atoms with E-state index < -0.39 is 0 Å². The molecule has 2 heterocycles. The lowest BCUT2D eigenvalue weighted by atomic mass is 10.0. The third kappa shape index (κ3) is 6.93. The number of hydrogen-bond donors (Lipinski definition) is 1. The lowest BCUT2D eigenvalue weighted by Gasteiger charge is -2.39. The van der Waals surface area contributed by atoms with Gasteiger partial charge in [0, 0.05) is 57.1 Å². The van der Waals surface area contributed by atoms with E-state index in [-0.39, 0.29) is 12.1 Å². The van der Waals surface area contributed by atoms with Gasteiger partial charge in [-0.2, -0.15) is 0 Å². The first kappa shape index (κ1) is 24.0. The molecule has 1 aliphatic rings. The molecule has 0 atom stereocenters. The minimum absolute atomic E-state index is 0.0531. The van der Waals surface area contributed by atoms with Crippen molar-refractivity contribution < 1.29 is 9.53 Å². The molecule has 2 aromatic rings. The lowest BCUT2D eigenvalue weighted by Crippen LogP contribution is -2.50. The maximum atomic E-state index is 13.3. The first-order valence-electron chi connectivity index (χ1n) is 11.5. The number of likely N-dealkylation sites (N-methyl/N-ethyl adjacent to an activating group) is 1. The fraction of sp³-hybridized carbons (Fsp3) is 0.520. The number of anilines is 1. The number of nitrogens with one attached hydrogen (secondary N) is 1. The fourth-order valence-corrected chi connectivity index (χ4v) is 4.14. The van der Waals surface area contributed by atoms with Crippen LogP contribution >= 0.6 is 0 Å². The Labute approximate surface area is 192 Å². The van der Waals surface area contributed by atoms with Gasteiger partial charge in [0.05, 0.1) is 12.8 Å². The van der Waals surface area contributed by atoms with Crippen LogP contribution in [0, 0.1) is 6.92 Å². The van der Waals surface area contributed by atoms with Crippen LogP contribution in [0.4, 0.5) is 10.5 Å². The highest BCUT2D eigenvalue weighted by atomic mass is 16.5. The van der Waals surface area contributed by atoms with Gasteiger partial charge >= 0.3 is 6.03 Å². The van der Waals surface area contributed by atoms with E-state index in [1.54, 1.807) is 7.11 Å². The number of ether oxygens (including phenoxy) is 1. The van der Waals surface area contributed by atoms with Crippen LogP contribution in [0.5, 0.6) is 5.75 Å². The number of piperidine rings is 1. The van der Waals surface area contributed by atoms with Gasteiger partial charge in [0.2, 0.25) is 0 Å². The van der Waals surface area contributed by atoms with Crippen molar-refractivity contribution in [1.82, 2.24) is 19.7 Å². The predicted octanol–water partition coefficient (Wildman–Crippen LogP) is 3.50. The summed E-state index contributed by atoms with van der Waals surface area (Å²) < 4.78 is 5.45. The van der Waals surface area contributed by atoms with Gasteiger partial charge < -0.3 is 24.8 Å². The minimum Gasteiger partial charge on any atom is -0.495 e. The number of hydrogen-bond acceptors (Lipinski definition) is 5. The van der Waals surface area contributed by atoms with E-state index in [9.17, 15) is 4.79 Å². The number of aromatic nitrogens is 1. The van der Waals surface area contributed by atoms with Crippen molar-refractivity contribution in [2.45, 2.75) is 32.2 Å². The second kappa shape index (κ2) is 11.8. The number of aryl methyl sites for hydroxylation is 1. The number of benzene rings is 1. The van der Waals surface area contributed by atoms with Gasteiger partial charge in [0.1, 0.15) is 5.75 Å². The highest BCUT2D eigenvalue weighted by molar-refractivity contribution is 5.91. The molecule has 7 nitrogen and oxygen atoms in total. The average Bonchev–Trinajstić information content (AvgIpc) is 2.79. The van der Waals surface area contributed by atoms with Crippen molar-refractivity contribution in [2.75, 3.05) is 59.2 Å². The first-order chi connectivity index (χ1) is 15.5. The molecule has 0 spiro atoms. The van der Waals surface area contributed by atoms with Crippen LogP contribution in [0.15, 0.2) is 42.6 Å². The summed E-state index contributed by atoms with van der Waals surface area (Å²) in [6.07, 6.45) is 4.78. The SMILES string of the molecule is COc1ccc(C)cc1NC(=O)N(CCN(C)C)C1CCN(CCc2ccccn2)CC1. The summed E-state index contributed by atoms with van der Waals surface area (Å²) in [4.78, 5) is 24.4. The molecule has 1 N–H and O–H groups in total. The molecule has 1 saturated heterocycles. The minimum atomic E-state index is -0.0531.